The highest BCUT2D eigenvalue weighted by Gasteiger charge is 2.16. The Morgan fingerprint density at radius 2 is 0.891 bits per heavy atom. The van der Waals surface area contributed by atoms with E-state index in [4.69, 9.17) is 15.0 Å². The van der Waals surface area contributed by atoms with Crippen molar-refractivity contribution >= 4 is 43.5 Å². The zero-order valence-electron chi connectivity index (χ0n) is 24.9. The highest BCUT2D eigenvalue weighted by Crippen LogP contribution is 2.39. The second-order valence-electron chi connectivity index (χ2n) is 11.6. The zero-order valence-corrected chi connectivity index (χ0v) is 24.9. The standard InChI is InChI=1S/C43H27N3/c1-4-11-28(12-5-1)36-27-40(30-15-8-3-9-16-30)44-39-26-23-33-34(17-10-18-35(33)41(36)39)38-25-22-32-20-19-31-21-24-37(29-13-6-2-7-14-29)45-42(31)43(32)46-38/h1-27H. The van der Waals surface area contributed by atoms with Crippen LogP contribution in [0.5, 0.6) is 0 Å². The van der Waals surface area contributed by atoms with E-state index in [2.05, 4.69) is 140 Å². The maximum Gasteiger partial charge on any atom is 0.0972 e. The molecule has 0 amide bonds. The van der Waals surface area contributed by atoms with Gasteiger partial charge >= 0.3 is 0 Å². The Balaban J connectivity index is 1.27. The number of fused-ring (bicyclic) bond motifs is 6. The van der Waals surface area contributed by atoms with Gasteiger partial charge in [-0.25, -0.2) is 15.0 Å². The molecule has 0 radical (unpaired) electrons. The Hall–Kier alpha value is -6.19. The summed E-state index contributed by atoms with van der Waals surface area (Å²) >= 11 is 0. The molecule has 3 heteroatoms. The Labute approximate surface area is 266 Å². The van der Waals surface area contributed by atoms with Gasteiger partial charge < -0.3 is 0 Å². The summed E-state index contributed by atoms with van der Waals surface area (Å²) in [5.41, 5.74) is 11.2. The number of rotatable bonds is 4. The predicted molar refractivity (Wildman–Crippen MR) is 192 cm³/mol. The Morgan fingerprint density at radius 3 is 1.57 bits per heavy atom. The van der Waals surface area contributed by atoms with E-state index in [1.54, 1.807) is 0 Å². The van der Waals surface area contributed by atoms with E-state index >= 15 is 0 Å². The van der Waals surface area contributed by atoms with Crippen molar-refractivity contribution in [3.8, 4) is 44.9 Å². The maximum atomic E-state index is 5.29. The molecule has 0 spiro atoms. The molecule has 0 aliphatic carbocycles. The van der Waals surface area contributed by atoms with E-state index in [0.717, 1.165) is 77.3 Å². The van der Waals surface area contributed by atoms with Gasteiger partial charge in [0.05, 0.1) is 33.6 Å². The summed E-state index contributed by atoms with van der Waals surface area (Å²) in [7, 11) is 0. The number of aromatic nitrogens is 3. The van der Waals surface area contributed by atoms with Crippen molar-refractivity contribution in [2.45, 2.75) is 0 Å². The molecule has 46 heavy (non-hydrogen) atoms. The highest BCUT2D eigenvalue weighted by molar-refractivity contribution is 6.17. The molecule has 0 saturated heterocycles. The van der Waals surface area contributed by atoms with Gasteiger partial charge in [0.15, 0.2) is 0 Å². The van der Waals surface area contributed by atoms with Crippen LogP contribution >= 0.6 is 0 Å². The largest absolute Gasteiger partial charge is 0.248 e. The van der Waals surface area contributed by atoms with Crippen LogP contribution in [0.25, 0.3) is 88.4 Å². The second-order valence-corrected chi connectivity index (χ2v) is 11.6. The van der Waals surface area contributed by atoms with Crippen LogP contribution in [0.2, 0.25) is 0 Å². The molecule has 0 saturated carbocycles. The number of nitrogens with zero attached hydrogens (tertiary/aromatic N) is 3. The molecule has 6 aromatic carbocycles. The quantitative estimate of drug-likeness (QED) is 0.193. The lowest BCUT2D eigenvalue weighted by Gasteiger charge is -2.15. The number of hydrogen-bond acceptors (Lipinski definition) is 3. The lowest BCUT2D eigenvalue weighted by atomic mass is 9.92. The Bertz CT molecular complexity index is 2560. The number of hydrogen-bond donors (Lipinski definition) is 0. The number of benzene rings is 6. The molecule has 0 bridgehead atoms. The topological polar surface area (TPSA) is 38.7 Å². The third-order valence-corrected chi connectivity index (χ3v) is 8.85. The van der Waals surface area contributed by atoms with Crippen LogP contribution in [0.1, 0.15) is 0 Å². The molecular formula is C43H27N3. The van der Waals surface area contributed by atoms with Crippen LogP contribution in [-0.2, 0) is 0 Å². The molecule has 9 aromatic rings. The van der Waals surface area contributed by atoms with Crippen molar-refractivity contribution in [3.05, 3.63) is 164 Å². The van der Waals surface area contributed by atoms with Crippen molar-refractivity contribution in [1.82, 2.24) is 15.0 Å². The summed E-state index contributed by atoms with van der Waals surface area (Å²) in [6, 6.07) is 57.2. The molecule has 214 valence electrons. The fourth-order valence-corrected chi connectivity index (χ4v) is 6.61. The van der Waals surface area contributed by atoms with Crippen LogP contribution < -0.4 is 0 Å². The smallest absolute Gasteiger partial charge is 0.0972 e. The first-order valence-corrected chi connectivity index (χ1v) is 15.5. The third kappa shape index (κ3) is 4.41. The van der Waals surface area contributed by atoms with Crippen LogP contribution in [-0.4, -0.2) is 15.0 Å². The minimum atomic E-state index is 0.907. The maximum absolute atomic E-state index is 5.29. The second kappa shape index (κ2) is 10.8. The first kappa shape index (κ1) is 26.2. The van der Waals surface area contributed by atoms with E-state index in [0.29, 0.717) is 0 Å². The van der Waals surface area contributed by atoms with Gasteiger partial charge in [-0.05, 0) is 46.2 Å². The van der Waals surface area contributed by atoms with Gasteiger partial charge in [0.2, 0.25) is 0 Å². The Morgan fingerprint density at radius 1 is 0.326 bits per heavy atom. The van der Waals surface area contributed by atoms with Crippen LogP contribution in [0.4, 0.5) is 0 Å². The van der Waals surface area contributed by atoms with E-state index in [1.165, 1.54) is 11.1 Å². The number of pyridine rings is 3. The monoisotopic (exact) mass is 585 g/mol. The van der Waals surface area contributed by atoms with E-state index < -0.39 is 0 Å². The molecule has 0 fully saturated rings. The van der Waals surface area contributed by atoms with E-state index in [9.17, 15) is 0 Å². The summed E-state index contributed by atoms with van der Waals surface area (Å²) < 4.78 is 0. The van der Waals surface area contributed by atoms with Gasteiger partial charge in [-0.15, -0.1) is 0 Å². The highest BCUT2D eigenvalue weighted by atomic mass is 14.8. The first-order valence-electron chi connectivity index (χ1n) is 15.5. The van der Waals surface area contributed by atoms with E-state index in [-0.39, 0.29) is 0 Å². The molecule has 3 heterocycles. The van der Waals surface area contributed by atoms with Crippen molar-refractivity contribution < 1.29 is 0 Å². The summed E-state index contributed by atoms with van der Waals surface area (Å²) in [4.78, 5) is 15.6. The average Bonchev–Trinajstić information content (AvgIpc) is 3.14. The van der Waals surface area contributed by atoms with E-state index in [1.807, 2.05) is 24.3 Å². The summed E-state index contributed by atoms with van der Waals surface area (Å²) in [6.45, 7) is 0. The molecule has 0 aliphatic heterocycles. The van der Waals surface area contributed by atoms with Crippen molar-refractivity contribution in [1.29, 1.82) is 0 Å². The molecule has 0 unspecified atom stereocenters. The molecule has 0 aliphatic rings. The summed E-state index contributed by atoms with van der Waals surface area (Å²) in [5, 5.41) is 5.60. The van der Waals surface area contributed by atoms with Crippen molar-refractivity contribution in [3.63, 3.8) is 0 Å². The SMILES string of the molecule is c1ccc(-c2cc(-c3ccccc3)c3c(ccc4c(-c5ccc6ccc7ccc(-c8ccccc8)nc7c6n5)cccc43)n2)cc1. The minimum absolute atomic E-state index is 0.907. The molecule has 3 aromatic heterocycles. The summed E-state index contributed by atoms with van der Waals surface area (Å²) in [6.07, 6.45) is 0. The zero-order chi connectivity index (χ0) is 30.5. The molecule has 0 atom stereocenters. The van der Waals surface area contributed by atoms with Crippen LogP contribution in [0.15, 0.2) is 164 Å². The van der Waals surface area contributed by atoms with Gasteiger partial charge in [0.1, 0.15) is 0 Å². The molecule has 3 nitrogen and oxygen atoms in total. The average molecular weight is 586 g/mol. The normalized spacial score (nSPS) is 11.5. The predicted octanol–water partition coefficient (Wildman–Crippen LogP) is 11.2. The van der Waals surface area contributed by atoms with Crippen LogP contribution in [0, 0.1) is 0 Å². The Kier molecular flexibility index (Phi) is 6.14. The van der Waals surface area contributed by atoms with Crippen molar-refractivity contribution in [2.75, 3.05) is 0 Å². The third-order valence-electron chi connectivity index (χ3n) is 8.85. The molecular weight excluding hydrogens is 558 g/mol. The molecule has 9 rings (SSSR count). The van der Waals surface area contributed by atoms with Crippen molar-refractivity contribution in [2.24, 2.45) is 0 Å². The first-order chi connectivity index (χ1) is 22.8. The minimum Gasteiger partial charge on any atom is -0.248 e. The fourth-order valence-electron chi connectivity index (χ4n) is 6.61. The van der Waals surface area contributed by atoms with Gasteiger partial charge in [-0.3, -0.25) is 0 Å². The van der Waals surface area contributed by atoms with Gasteiger partial charge in [0, 0.05) is 32.8 Å². The van der Waals surface area contributed by atoms with Gasteiger partial charge in [-0.2, -0.15) is 0 Å². The summed E-state index contributed by atoms with van der Waals surface area (Å²) in [5.74, 6) is 0. The van der Waals surface area contributed by atoms with Gasteiger partial charge in [-0.1, -0.05) is 140 Å². The lowest BCUT2D eigenvalue weighted by molar-refractivity contribution is 1.37. The lowest BCUT2D eigenvalue weighted by Crippen LogP contribution is -1.93. The fraction of sp³-hybridized carbons (Fsp3) is 0. The molecule has 0 N–H and O–H groups in total. The van der Waals surface area contributed by atoms with Crippen LogP contribution in [0.3, 0.4) is 0 Å². The van der Waals surface area contributed by atoms with Gasteiger partial charge in [0.25, 0.3) is 0 Å².